The first-order chi connectivity index (χ1) is 1.00. The molecule has 0 radical (unpaired) electrons. The van der Waals surface area contributed by atoms with Crippen molar-refractivity contribution in [1.29, 1.82) is 1.45 Å². The maximum Gasteiger partial charge on any atom is 0.269 e. The molecule has 0 aliphatic carbocycles. The van der Waals surface area contributed by atoms with E-state index >= 15 is 0 Å². The summed E-state index contributed by atoms with van der Waals surface area (Å²) < 4.78 is 13.0. The Morgan fingerprint density at radius 3 is 0.400 bits per heavy atom. The molecule has 0 saturated heterocycles. The van der Waals surface area contributed by atoms with Gasteiger partial charge in [-0.3, -0.25) is 4.72 Å². The SMILES string of the molecule is C.C.C.C.C.C.C.C.C.C.C.[2H]F.[CH3-].[W].[W]. The zero-order chi connectivity index (χ0) is 2.00. The fourth-order valence-electron chi connectivity index (χ4n) is 0. The van der Waals surface area contributed by atoms with Gasteiger partial charge in [-0.1, -0.05) is 81.7 Å². The largest absolute Gasteiger partial charge is 0.358 e. The van der Waals surface area contributed by atoms with Gasteiger partial charge in [0, 0.05) is 42.1 Å². The molecule has 0 bridgehead atoms. The third-order valence-electron chi connectivity index (χ3n) is 0. The quantitative estimate of drug-likeness (QED) is 0.259. The summed E-state index contributed by atoms with van der Waals surface area (Å²) in [7, 11) is 0. The maximum atomic E-state index is 8.75. The van der Waals surface area contributed by atoms with E-state index in [1.54, 1.807) is 0 Å². The monoisotopic (exact) mass is 580 g/mol. The molecule has 0 aliphatic heterocycles. The van der Waals surface area contributed by atoms with Crippen LogP contribution in [0.15, 0.2) is 0 Å². The summed E-state index contributed by atoms with van der Waals surface area (Å²) in [6.45, 7) is 0. The summed E-state index contributed by atoms with van der Waals surface area (Å²) in [4.78, 5) is 0. The van der Waals surface area contributed by atoms with Crippen LogP contribution in [0.5, 0.6) is 0 Å². The van der Waals surface area contributed by atoms with Crippen molar-refractivity contribution in [1.82, 2.24) is 0 Å². The standard InChI is InChI=1S/11CH4.CH3.FH.2W/h11*1H4;1H3;1H;;/q;;;;;;;;;;;-1;;;/i/hD. The van der Waals surface area contributed by atoms with Gasteiger partial charge in [0.2, 0.25) is 0 Å². The van der Waals surface area contributed by atoms with Gasteiger partial charge >= 0.3 is 0 Å². The Hall–Kier alpha value is 1.31. The first-order valence-corrected chi connectivity index (χ1v) is 0. The van der Waals surface area contributed by atoms with Gasteiger partial charge in [0.15, 0.2) is 0 Å². The van der Waals surface area contributed by atoms with E-state index in [2.05, 4.69) is 1.45 Å². The van der Waals surface area contributed by atoms with E-state index < -0.39 is 0 Å². The van der Waals surface area contributed by atoms with E-state index in [1.807, 2.05) is 0 Å². The van der Waals surface area contributed by atoms with Crippen molar-refractivity contribution in [3.63, 3.8) is 0 Å². The number of halogens is 1. The normalized spacial score (nSPS) is 0.467. The average Bonchev–Trinajstić information content (AvgIpc) is 1.00. The molecule has 0 aromatic carbocycles. The molecule has 0 saturated carbocycles. The molecule has 0 aromatic rings. The van der Waals surface area contributed by atoms with Crippen LogP contribution in [0.2, 0.25) is 0 Å². The minimum atomic E-state index is 0. The van der Waals surface area contributed by atoms with Crippen LogP contribution >= 0.6 is 0 Å². The smallest absolute Gasteiger partial charge is 0.269 e. The van der Waals surface area contributed by atoms with Gasteiger partial charge in [-0.15, -0.1) is 0 Å². The molecule has 3 heteroatoms. The number of hydrogen-bond acceptors (Lipinski definition) is 0. The Bertz CT molecular complexity index is 19.0. The Morgan fingerprint density at radius 2 is 0.400 bits per heavy atom. The van der Waals surface area contributed by atoms with E-state index in [4.69, 9.17) is 4.72 Å². The van der Waals surface area contributed by atoms with Gasteiger partial charge < -0.3 is 7.43 Å². The summed E-state index contributed by atoms with van der Waals surface area (Å²) in [5.41, 5.74) is 0. The third-order valence-corrected chi connectivity index (χ3v) is 0. The minimum absolute atomic E-state index is 0. The summed E-state index contributed by atoms with van der Waals surface area (Å²) >= 11 is 0. The molecule has 0 fully saturated rings. The molecule has 0 heterocycles. The van der Waals surface area contributed by atoms with Crippen LogP contribution in [0.25, 0.3) is 0 Å². The van der Waals surface area contributed by atoms with Crippen molar-refractivity contribution >= 4 is 0 Å². The summed E-state index contributed by atoms with van der Waals surface area (Å²) in [6.07, 6.45) is 0. The van der Waals surface area contributed by atoms with Gasteiger partial charge in [-0.25, -0.2) is 0 Å². The zero-order valence-corrected chi connectivity index (χ0v) is 8.06. The van der Waals surface area contributed by atoms with Crippen LogP contribution in [-0.4, -0.2) is 1.45 Å². The average molecular weight is 580 g/mol. The first kappa shape index (κ1) is 718. The summed E-state index contributed by atoms with van der Waals surface area (Å²) in [6, 6.07) is 0. The van der Waals surface area contributed by atoms with Crippen molar-refractivity contribution in [3.05, 3.63) is 7.43 Å². The van der Waals surface area contributed by atoms with Gasteiger partial charge in [-0.05, 0) is 0 Å². The van der Waals surface area contributed by atoms with Gasteiger partial charge in [-0.2, -0.15) is 0 Å². The Kier molecular flexibility index (Phi) is 87800. The van der Waals surface area contributed by atoms with Crippen LogP contribution < -0.4 is 0 Å². The second-order valence-corrected chi connectivity index (χ2v) is 0. The van der Waals surface area contributed by atoms with Crippen molar-refractivity contribution in [3.8, 4) is 0 Å². The predicted octanol–water partition coefficient (Wildman–Crippen LogP) is 7.59. The second-order valence-electron chi connectivity index (χ2n) is 0. The topological polar surface area (TPSA) is 0 Å². The molecule has 0 rings (SSSR count). The Labute approximate surface area is 137 Å². The summed E-state index contributed by atoms with van der Waals surface area (Å²) in [5, 5.41) is 0. The summed E-state index contributed by atoms with van der Waals surface area (Å²) in [5.74, 6) is 0. The van der Waals surface area contributed by atoms with Crippen molar-refractivity contribution in [2.75, 3.05) is 0 Å². The van der Waals surface area contributed by atoms with Crippen LogP contribution in [0.3, 0.4) is 0 Å². The zero-order valence-electron chi connectivity index (χ0n) is 3.19. The van der Waals surface area contributed by atoms with E-state index in [0.29, 0.717) is 0 Å². The minimum Gasteiger partial charge on any atom is -0.358 e. The molecule has 0 nitrogen and oxygen atoms in total. The predicted molar refractivity (Wildman–Crippen MR) is 83.0 cm³/mol. The maximum absolute atomic E-state index is 8.75. The van der Waals surface area contributed by atoms with E-state index in [1.165, 1.54) is 0 Å². The van der Waals surface area contributed by atoms with Crippen LogP contribution in [0, 0.1) is 7.43 Å². The van der Waals surface area contributed by atoms with Crippen molar-refractivity contribution in [2.45, 2.75) is 81.7 Å². The molecule has 0 atom stereocenters. The van der Waals surface area contributed by atoms with Gasteiger partial charge in [0.25, 0.3) is 1.45 Å². The molecular weight excluding hydrogens is 531 g/mol. The third kappa shape index (κ3) is 1590. The molecule has 0 spiro atoms. The molecule has 15 heavy (non-hydrogen) atoms. The van der Waals surface area contributed by atoms with Crippen LogP contribution in [0.4, 0.5) is 4.72 Å². The molecule has 0 aliphatic rings. The van der Waals surface area contributed by atoms with Crippen LogP contribution in [0.1, 0.15) is 81.7 Å². The molecule has 0 N–H and O–H groups in total. The van der Waals surface area contributed by atoms with E-state index in [-0.39, 0.29) is 131 Å². The Balaban J connectivity index is -0.0000000000549. The molecule has 0 amide bonds. The fourth-order valence-corrected chi connectivity index (χ4v) is 0. The van der Waals surface area contributed by atoms with Crippen molar-refractivity contribution < 1.29 is 46.8 Å². The van der Waals surface area contributed by atoms with Gasteiger partial charge in [0.05, 0.1) is 0 Å². The fraction of sp³-hybridized carbons (Fsp3) is 0.917. The molecule has 116 valence electrons. The van der Waals surface area contributed by atoms with E-state index in [9.17, 15) is 0 Å². The van der Waals surface area contributed by atoms with Crippen LogP contribution in [-0.2, 0) is 42.1 Å². The molecule has 0 aromatic heterocycles. The number of rotatable bonds is 0. The van der Waals surface area contributed by atoms with Gasteiger partial charge in [0.1, 0.15) is 0 Å². The second kappa shape index (κ2) is 1840. The first-order valence-electron chi connectivity index (χ1n) is 0.378. The molecular formula is C12H48FW2-. The number of hydrogen-bond donors (Lipinski definition) is 0. The Morgan fingerprint density at radius 1 is 0.400 bits per heavy atom. The van der Waals surface area contributed by atoms with E-state index in [0.717, 1.165) is 0 Å². The van der Waals surface area contributed by atoms with Crippen molar-refractivity contribution in [2.24, 2.45) is 0 Å². The molecule has 0 unspecified atom stereocenters.